The summed E-state index contributed by atoms with van der Waals surface area (Å²) in [5.41, 5.74) is 5.21. The number of fused-ring (bicyclic) bond motifs is 1. The van der Waals surface area contributed by atoms with Crippen LogP contribution in [0, 0.1) is 0 Å². The summed E-state index contributed by atoms with van der Waals surface area (Å²) in [7, 11) is 0. The molecule has 1 aromatic carbocycles. The second kappa shape index (κ2) is 5.29. The zero-order valence-electron chi connectivity index (χ0n) is 11.4. The van der Waals surface area contributed by atoms with Crippen LogP contribution in [0.25, 0.3) is 11.3 Å². The van der Waals surface area contributed by atoms with Gasteiger partial charge in [-0.3, -0.25) is 0 Å². The van der Waals surface area contributed by atoms with Gasteiger partial charge in [-0.05, 0) is 18.2 Å². The van der Waals surface area contributed by atoms with Crippen LogP contribution in [0.5, 0.6) is 0 Å². The molecule has 1 aliphatic rings. The Bertz CT molecular complexity index is 577. The first-order valence-corrected chi connectivity index (χ1v) is 7.97. The van der Waals surface area contributed by atoms with Crippen molar-refractivity contribution in [3.63, 3.8) is 0 Å². The number of aromatic nitrogens is 2. The van der Waals surface area contributed by atoms with Crippen LogP contribution in [0.3, 0.4) is 0 Å². The van der Waals surface area contributed by atoms with E-state index in [1.807, 2.05) is 24.3 Å². The van der Waals surface area contributed by atoms with E-state index in [0.29, 0.717) is 5.25 Å². The summed E-state index contributed by atoms with van der Waals surface area (Å²) in [5, 5.41) is 4.10. The van der Waals surface area contributed by atoms with Gasteiger partial charge in [-0.25, -0.2) is 4.98 Å². The number of para-hydroxylation sites is 1. The summed E-state index contributed by atoms with van der Waals surface area (Å²) in [6.45, 7) is 4.30. The van der Waals surface area contributed by atoms with Gasteiger partial charge in [0.25, 0.3) is 0 Å². The van der Waals surface area contributed by atoms with Gasteiger partial charge in [0.2, 0.25) is 0 Å². The minimum Gasteiger partial charge on any atom is -0.384 e. The van der Waals surface area contributed by atoms with Crippen LogP contribution in [0.2, 0.25) is 0 Å². The molecule has 0 spiro atoms. The Kier molecular flexibility index (Phi) is 3.51. The van der Waals surface area contributed by atoms with E-state index in [-0.39, 0.29) is 0 Å². The minimum absolute atomic E-state index is 0.595. The molecule has 1 unspecified atom stereocenters. The van der Waals surface area contributed by atoms with E-state index < -0.39 is 0 Å². The molecular weight excluding hydrogens is 254 g/mol. The second-order valence-corrected chi connectivity index (χ2v) is 6.27. The van der Waals surface area contributed by atoms with Crippen LogP contribution in [-0.4, -0.2) is 27.6 Å². The Morgan fingerprint density at radius 3 is 3.21 bits per heavy atom. The van der Waals surface area contributed by atoms with Crippen molar-refractivity contribution in [3.8, 4) is 11.3 Å². The SMILES string of the molecule is CSC(C)Cn1cncc1-c1cccc2c1NCC2. The summed E-state index contributed by atoms with van der Waals surface area (Å²) in [5.74, 6) is 0. The summed E-state index contributed by atoms with van der Waals surface area (Å²) >= 11 is 1.89. The monoisotopic (exact) mass is 273 g/mol. The average Bonchev–Trinajstić information content (AvgIpc) is 3.06. The van der Waals surface area contributed by atoms with Gasteiger partial charge in [-0.2, -0.15) is 11.8 Å². The predicted molar refractivity (Wildman–Crippen MR) is 82.8 cm³/mol. The van der Waals surface area contributed by atoms with Gasteiger partial charge in [0, 0.05) is 29.6 Å². The van der Waals surface area contributed by atoms with Gasteiger partial charge >= 0.3 is 0 Å². The van der Waals surface area contributed by atoms with Gasteiger partial charge in [-0.1, -0.05) is 25.1 Å². The van der Waals surface area contributed by atoms with Crippen LogP contribution < -0.4 is 5.32 Å². The van der Waals surface area contributed by atoms with Gasteiger partial charge < -0.3 is 9.88 Å². The van der Waals surface area contributed by atoms with E-state index in [2.05, 4.69) is 46.2 Å². The fraction of sp³-hybridized carbons (Fsp3) is 0.400. The first-order valence-electron chi connectivity index (χ1n) is 6.68. The first-order chi connectivity index (χ1) is 9.29. The largest absolute Gasteiger partial charge is 0.384 e. The lowest BCUT2D eigenvalue weighted by Crippen LogP contribution is -2.09. The molecule has 100 valence electrons. The fourth-order valence-corrected chi connectivity index (χ4v) is 2.90. The fourth-order valence-electron chi connectivity index (χ4n) is 2.59. The molecule has 3 rings (SSSR count). The molecule has 19 heavy (non-hydrogen) atoms. The highest BCUT2D eigenvalue weighted by molar-refractivity contribution is 7.99. The highest BCUT2D eigenvalue weighted by Crippen LogP contribution is 2.34. The number of nitrogens with one attached hydrogen (secondary N) is 1. The van der Waals surface area contributed by atoms with Gasteiger partial charge in [0.15, 0.2) is 0 Å². The third-order valence-corrected chi connectivity index (χ3v) is 4.65. The summed E-state index contributed by atoms with van der Waals surface area (Å²) in [6.07, 6.45) is 7.20. The maximum atomic E-state index is 4.34. The summed E-state index contributed by atoms with van der Waals surface area (Å²) in [4.78, 5) is 4.34. The molecule has 0 saturated carbocycles. The Balaban J connectivity index is 1.99. The molecule has 1 atom stereocenters. The Hall–Kier alpha value is -1.42. The Morgan fingerprint density at radius 1 is 1.47 bits per heavy atom. The lowest BCUT2D eigenvalue weighted by Gasteiger charge is -2.14. The summed E-state index contributed by atoms with van der Waals surface area (Å²) < 4.78 is 2.26. The van der Waals surface area contributed by atoms with Crippen LogP contribution in [0.15, 0.2) is 30.7 Å². The molecule has 0 saturated heterocycles. The number of rotatable bonds is 4. The molecule has 4 heteroatoms. The molecule has 0 amide bonds. The zero-order valence-corrected chi connectivity index (χ0v) is 12.2. The molecule has 1 aliphatic heterocycles. The molecule has 0 fully saturated rings. The van der Waals surface area contributed by atoms with Crippen LogP contribution >= 0.6 is 11.8 Å². The molecule has 2 aromatic rings. The molecule has 0 bridgehead atoms. The standard InChI is InChI=1S/C15H19N3S/c1-11(19-2)9-18-10-16-8-14(18)13-5-3-4-12-6-7-17-15(12)13/h3-5,8,10-11,17H,6-7,9H2,1-2H3. The number of benzene rings is 1. The van der Waals surface area contributed by atoms with Crippen molar-refractivity contribution in [1.29, 1.82) is 0 Å². The minimum atomic E-state index is 0.595. The van der Waals surface area contributed by atoms with Crippen LogP contribution in [0.1, 0.15) is 12.5 Å². The lowest BCUT2D eigenvalue weighted by molar-refractivity contribution is 0.698. The van der Waals surface area contributed by atoms with E-state index in [1.54, 1.807) is 0 Å². The van der Waals surface area contributed by atoms with Crippen molar-refractivity contribution in [2.24, 2.45) is 0 Å². The lowest BCUT2D eigenvalue weighted by atomic mass is 10.1. The van der Waals surface area contributed by atoms with Crippen LogP contribution in [0.4, 0.5) is 5.69 Å². The van der Waals surface area contributed by atoms with Crippen molar-refractivity contribution in [2.45, 2.75) is 25.1 Å². The number of hydrogen-bond donors (Lipinski definition) is 1. The highest BCUT2D eigenvalue weighted by Gasteiger charge is 2.17. The van der Waals surface area contributed by atoms with Gasteiger partial charge in [-0.15, -0.1) is 0 Å². The zero-order chi connectivity index (χ0) is 13.2. The second-order valence-electron chi connectivity index (χ2n) is 4.99. The van der Waals surface area contributed by atoms with Crippen molar-refractivity contribution in [3.05, 3.63) is 36.3 Å². The van der Waals surface area contributed by atoms with E-state index in [9.17, 15) is 0 Å². The van der Waals surface area contributed by atoms with Crippen LogP contribution in [-0.2, 0) is 13.0 Å². The van der Waals surface area contributed by atoms with E-state index >= 15 is 0 Å². The predicted octanol–water partition coefficient (Wildman–Crippen LogP) is 3.27. The highest BCUT2D eigenvalue weighted by atomic mass is 32.2. The van der Waals surface area contributed by atoms with Gasteiger partial charge in [0.1, 0.15) is 0 Å². The number of nitrogens with zero attached hydrogens (tertiary/aromatic N) is 2. The molecule has 1 N–H and O–H groups in total. The third-order valence-electron chi connectivity index (χ3n) is 3.69. The topological polar surface area (TPSA) is 29.9 Å². The Morgan fingerprint density at radius 2 is 2.37 bits per heavy atom. The Labute approximate surface area is 118 Å². The van der Waals surface area contributed by atoms with Crippen molar-refractivity contribution in [2.75, 3.05) is 18.1 Å². The number of imidazole rings is 1. The third kappa shape index (κ3) is 2.37. The van der Waals surface area contributed by atoms with Crippen molar-refractivity contribution >= 4 is 17.4 Å². The first kappa shape index (κ1) is 12.6. The van der Waals surface area contributed by atoms with E-state index in [0.717, 1.165) is 19.5 Å². The smallest absolute Gasteiger partial charge is 0.0951 e. The van der Waals surface area contributed by atoms with Crippen molar-refractivity contribution < 1.29 is 0 Å². The molecule has 1 aromatic heterocycles. The quantitative estimate of drug-likeness (QED) is 0.927. The molecule has 0 aliphatic carbocycles. The van der Waals surface area contributed by atoms with Gasteiger partial charge in [0.05, 0.1) is 18.2 Å². The molecule has 0 radical (unpaired) electrons. The van der Waals surface area contributed by atoms with E-state index in [1.165, 1.54) is 22.5 Å². The normalized spacial score (nSPS) is 15.1. The number of anilines is 1. The molecule has 2 heterocycles. The average molecular weight is 273 g/mol. The van der Waals surface area contributed by atoms with Crippen molar-refractivity contribution in [1.82, 2.24) is 9.55 Å². The molecule has 3 nitrogen and oxygen atoms in total. The number of hydrogen-bond acceptors (Lipinski definition) is 3. The van der Waals surface area contributed by atoms with E-state index in [4.69, 9.17) is 0 Å². The maximum Gasteiger partial charge on any atom is 0.0951 e. The molecular formula is C15H19N3S. The summed E-state index contributed by atoms with van der Waals surface area (Å²) in [6, 6.07) is 6.55. The number of thioether (sulfide) groups is 1. The maximum absolute atomic E-state index is 4.34.